The molecule has 0 radical (unpaired) electrons. The first-order valence-corrected chi connectivity index (χ1v) is 15.9. The first-order chi connectivity index (χ1) is 21.4. The number of aromatic nitrogens is 1. The largest absolute Gasteiger partial charge is 0.480 e. The maximum atomic E-state index is 12.6. The Labute approximate surface area is 261 Å². The van der Waals surface area contributed by atoms with Gasteiger partial charge in [0, 0.05) is 28.9 Å². The third kappa shape index (κ3) is 5.18. The number of nitrogens with one attached hydrogen (secondary N) is 2. The number of aromatic amines is 1. The number of aliphatic hydroxyl groups excluding tert-OH is 2. The molecule has 1 heterocycles. The van der Waals surface area contributed by atoms with Crippen LogP contribution in [0.4, 0.5) is 0 Å². The summed E-state index contributed by atoms with van der Waals surface area (Å²) in [4.78, 5) is 45.7. The molecule has 4 aliphatic rings. The average molecular weight is 622 g/mol. The van der Waals surface area contributed by atoms with Gasteiger partial charge in [0.25, 0.3) is 5.91 Å². The van der Waals surface area contributed by atoms with E-state index in [1.54, 1.807) is 6.20 Å². The molecule has 2 aromatic rings. The number of carboxylic acid groups (broad SMARTS) is 1. The van der Waals surface area contributed by atoms with E-state index in [4.69, 9.17) is 4.84 Å². The van der Waals surface area contributed by atoms with Crippen molar-refractivity contribution in [3.63, 3.8) is 0 Å². The summed E-state index contributed by atoms with van der Waals surface area (Å²) in [6, 6.07) is 6.45. The number of Topliss-reactive ketones (excluding diaryl/α,β-unsaturated/α-hetero) is 1. The summed E-state index contributed by atoms with van der Waals surface area (Å²) in [5.74, 6) is -2.08. The fraction of sp³-hybridized carbons (Fsp3) is 0.588. The molecular weight excluding hydrogens is 578 g/mol. The molecule has 1 aromatic carbocycles. The molecule has 11 heteroatoms. The fourth-order valence-corrected chi connectivity index (χ4v) is 9.49. The standard InChI is InChI=1S/C34H43N3O8/c1-32-11-9-21(37-45-18-29(41)36-26(31(42)43)13-19-16-35-25-6-4-3-5-22(19)25)14-20(32)7-8-23-24-10-12-34(44,28(40)17-38)33(24,2)15-27(39)30(23)32/h3-6,14,16,23-24,26-27,30,35,38-39,44H,7-13,15,17-18H2,1-2H3,(H,36,41)(H,42,43)/b37-21-/t23-,24-,26+,27+,30+,32-,33-,34-/m0/s1. The first-order valence-electron chi connectivity index (χ1n) is 15.9. The molecule has 8 atom stereocenters. The number of benzene rings is 1. The lowest BCUT2D eigenvalue weighted by molar-refractivity contribution is -0.181. The predicted molar refractivity (Wildman–Crippen MR) is 165 cm³/mol. The van der Waals surface area contributed by atoms with E-state index >= 15 is 0 Å². The molecule has 0 bridgehead atoms. The monoisotopic (exact) mass is 621 g/mol. The van der Waals surface area contributed by atoms with Crippen LogP contribution >= 0.6 is 0 Å². The van der Waals surface area contributed by atoms with E-state index in [0.29, 0.717) is 31.4 Å². The van der Waals surface area contributed by atoms with Crippen molar-refractivity contribution in [2.24, 2.45) is 33.7 Å². The lowest BCUT2D eigenvalue weighted by atomic mass is 9.45. The van der Waals surface area contributed by atoms with E-state index < -0.39 is 54.0 Å². The number of carbonyl (C=O) groups is 3. The van der Waals surface area contributed by atoms with Gasteiger partial charge in [-0.15, -0.1) is 0 Å². The molecule has 3 fully saturated rings. The number of oxime groups is 1. The smallest absolute Gasteiger partial charge is 0.326 e. The number of carboxylic acids is 1. The summed E-state index contributed by atoms with van der Waals surface area (Å²) in [6.07, 6.45) is 7.41. The summed E-state index contributed by atoms with van der Waals surface area (Å²) < 4.78 is 0. The second-order valence-corrected chi connectivity index (χ2v) is 14.0. The predicted octanol–water partition coefficient (Wildman–Crippen LogP) is 2.88. The van der Waals surface area contributed by atoms with Gasteiger partial charge in [-0.25, -0.2) is 4.79 Å². The number of allylic oxidation sites excluding steroid dienone is 2. The van der Waals surface area contributed by atoms with Crippen LogP contribution in [0.3, 0.4) is 0 Å². The highest BCUT2D eigenvalue weighted by Crippen LogP contribution is 2.67. The quantitative estimate of drug-likeness (QED) is 0.231. The molecule has 1 aromatic heterocycles. The van der Waals surface area contributed by atoms with Crippen LogP contribution in [0.15, 0.2) is 47.3 Å². The fourth-order valence-electron chi connectivity index (χ4n) is 9.49. The number of amides is 1. The van der Waals surface area contributed by atoms with Gasteiger partial charge >= 0.3 is 5.97 Å². The number of rotatable bonds is 9. The molecule has 0 aliphatic heterocycles. The van der Waals surface area contributed by atoms with Gasteiger partial charge in [0.15, 0.2) is 12.4 Å². The van der Waals surface area contributed by atoms with Gasteiger partial charge in [-0.2, -0.15) is 0 Å². The molecule has 0 saturated heterocycles. The van der Waals surface area contributed by atoms with E-state index in [1.807, 2.05) is 37.3 Å². The Balaban J connectivity index is 1.09. The van der Waals surface area contributed by atoms with Crippen molar-refractivity contribution in [3.05, 3.63) is 47.7 Å². The number of aliphatic carboxylic acids is 1. The molecule has 242 valence electrons. The molecule has 6 rings (SSSR count). The third-order valence-electron chi connectivity index (χ3n) is 11.8. The van der Waals surface area contributed by atoms with Crippen molar-refractivity contribution < 1.29 is 39.6 Å². The van der Waals surface area contributed by atoms with E-state index in [1.165, 1.54) is 5.57 Å². The van der Waals surface area contributed by atoms with E-state index in [0.717, 1.165) is 35.7 Å². The topological polar surface area (TPSA) is 182 Å². The number of aliphatic hydroxyl groups is 3. The van der Waals surface area contributed by atoms with Gasteiger partial charge in [0.2, 0.25) is 0 Å². The zero-order valence-corrected chi connectivity index (χ0v) is 25.8. The van der Waals surface area contributed by atoms with Crippen molar-refractivity contribution in [1.82, 2.24) is 10.3 Å². The van der Waals surface area contributed by atoms with Crippen LogP contribution in [0.2, 0.25) is 0 Å². The Bertz CT molecular complexity index is 1570. The van der Waals surface area contributed by atoms with Crippen LogP contribution in [0.1, 0.15) is 64.4 Å². The zero-order valence-electron chi connectivity index (χ0n) is 25.8. The summed E-state index contributed by atoms with van der Waals surface area (Å²) in [5, 5.41) is 49.9. The van der Waals surface area contributed by atoms with Crippen molar-refractivity contribution in [1.29, 1.82) is 0 Å². The maximum absolute atomic E-state index is 12.6. The second kappa shape index (κ2) is 11.7. The highest BCUT2D eigenvalue weighted by Gasteiger charge is 2.68. The van der Waals surface area contributed by atoms with Crippen LogP contribution in [0.25, 0.3) is 10.9 Å². The Hall–Kier alpha value is -3.54. The molecule has 4 aliphatic carbocycles. The van der Waals surface area contributed by atoms with E-state index in [2.05, 4.69) is 22.4 Å². The number of hydrogen-bond acceptors (Lipinski definition) is 8. The van der Waals surface area contributed by atoms with Crippen molar-refractivity contribution in [2.75, 3.05) is 13.2 Å². The average Bonchev–Trinajstić information content (AvgIpc) is 3.54. The molecule has 11 nitrogen and oxygen atoms in total. The molecule has 45 heavy (non-hydrogen) atoms. The number of carbonyl (C=O) groups excluding carboxylic acids is 2. The third-order valence-corrected chi connectivity index (χ3v) is 11.8. The first kappa shape index (κ1) is 31.4. The minimum Gasteiger partial charge on any atom is -0.480 e. The highest BCUT2D eigenvalue weighted by atomic mass is 16.6. The van der Waals surface area contributed by atoms with Crippen LogP contribution < -0.4 is 5.32 Å². The Morgan fingerprint density at radius 1 is 1.16 bits per heavy atom. The lowest BCUT2D eigenvalue weighted by Crippen LogP contribution is -2.62. The minimum absolute atomic E-state index is 0.0273. The molecule has 0 unspecified atom stereocenters. The van der Waals surface area contributed by atoms with Gasteiger partial charge in [-0.1, -0.05) is 42.8 Å². The van der Waals surface area contributed by atoms with Crippen molar-refractivity contribution in [2.45, 2.75) is 83.0 Å². The normalized spacial score (nSPS) is 35.6. The number of ketones is 1. The van der Waals surface area contributed by atoms with E-state index in [-0.39, 0.29) is 29.6 Å². The number of nitrogens with zero attached hydrogens (tertiary/aromatic N) is 1. The maximum Gasteiger partial charge on any atom is 0.326 e. The zero-order chi connectivity index (χ0) is 32.1. The summed E-state index contributed by atoms with van der Waals surface area (Å²) >= 11 is 0. The van der Waals surface area contributed by atoms with E-state index in [9.17, 15) is 34.8 Å². The second-order valence-electron chi connectivity index (χ2n) is 14.0. The van der Waals surface area contributed by atoms with Crippen LogP contribution in [-0.4, -0.2) is 79.7 Å². The Kier molecular flexibility index (Phi) is 8.16. The number of para-hydroxylation sites is 1. The molecule has 1 amide bonds. The molecule has 0 spiro atoms. The minimum atomic E-state index is -1.62. The lowest BCUT2D eigenvalue weighted by Gasteiger charge is -2.60. The van der Waals surface area contributed by atoms with Crippen LogP contribution in [-0.2, 0) is 25.6 Å². The van der Waals surface area contributed by atoms with Gasteiger partial charge in [-0.05, 0) is 85.8 Å². The van der Waals surface area contributed by atoms with Gasteiger partial charge in [0.1, 0.15) is 18.2 Å². The highest BCUT2D eigenvalue weighted by molar-refractivity contribution is 5.96. The van der Waals surface area contributed by atoms with Crippen molar-refractivity contribution in [3.8, 4) is 0 Å². The summed E-state index contributed by atoms with van der Waals surface area (Å²) in [5.41, 5.74) is 0.877. The van der Waals surface area contributed by atoms with Gasteiger partial charge < -0.3 is 35.6 Å². The van der Waals surface area contributed by atoms with Gasteiger partial charge in [-0.3, -0.25) is 9.59 Å². The van der Waals surface area contributed by atoms with Crippen molar-refractivity contribution >= 4 is 34.3 Å². The number of H-pyrrole nitrogens is 1. The van der Waals surface area contributed by atoms with Crippen LogP contribution in [0, 0.1) is 28.6 Å². The summed E-state index contributed by atoms with van der Waals surface area (Å²) in [7, 11) is 0. The Morgan fingerprint density at radius 3 is 2.69 bits per heavy atom. The van der Waals surface area contributed by atoms with Crippen LogP contribution in [0.5, 0.6) is 0 Å². The van der Waals surface area contributed by atoms with Gasteiger partial charge in [0.05, 0.1) is 11.8 Å². The number of fused-ring (bicyclic) bond motifs is 6. The number of hydrogen-bond donors (Lipinski definition) is 6. The SMILES string of the molecule is C[C@]12CC/C(=N/OCC(=O)N[C@H](Cc3c[nH]c4ccccc34)C(=O)O)C=C1CC[C@@H]1[C@@H]2[C@H](O)C[C@@]2(C)[C@H]1CC[C@]2(O)C(=O)CO. The molecule has 6 N–H and O–H groups in total. The summed E-state index contributed by atoms with van der Waals surface area (Å²) in [6.45, 7) is 2.98. The molecule has 3 saturated carbocycles. The Morgan fingerprint density at radius 2 is 1.93 bits per heavy atom. The molecular formula is C34H43N3O8.